The molecular weight excluding hydrogens is 208 g/mol. The molecule has 1 heteroatoms. The Morgan fingerprint density at radius 1 is 1.12 bits per heavy atom. The molecule has 1 aliphatic rings. The smallest absolute Gasteiger partial charge is 0.0634 e. The van der Waals surface area contributed by atoms with Crippen LogP contribution in [-0.4, -0.2) is 11.2 Å². The Labute approximate surface area is 105 Å². The van der Waals surface area contributed by atoms with Gasteiger partial charge in [-0.3, -0.25) is 0 Å². The first-order valence-corrected chi connectivity index (χ1v) is 6.84. The Morgan fingerprint density at radius 3 is 2.29 bits per heavy atom. The SMILES string of the molecule is Cc1ccc(CC(O)C2(C)CCCCC2)cc1. The van der Waals surface area contributed by atoms with E-state index in [4.69, 9.17) is 0 Å². The normalized spacial score (nSPS) is 21.1. The van der Waals surface area contributed by atoms with Crippen LogP contribution in [0.5, 0.6) is 0 Å². The summed E-state index contributed by atoms with van der Waals surface area (Å²) in [7, 11) is 0. The van der Waals surface area contributed by atoms with Crippen molar-refractivity contribution in [2.45, 2.75) is 58.5 Å². The van der Waals surface area contributed by atoms with Crippen LogP contribution in [0.1, 0.15) is 50.2 Å². The van der Waals surface area contributed by atoms with Gasteiger partial charge in [0, 0.05) is 0 Å². The number of aryl methyl sites for hydroxylation is 1. The first-order chi connectivity index (χ1) is 8.10. The van der Waals surface area contributed by atoms with Gasteiger partial charge in [-0.25, -0.2) is 0 Å². The molecule has 0 aliphatic heterocycles. The zero-order valence-corrected chi connectivity index (χ0v) is 11.1. The Bertz CT molecular complexity index is 346. The second-order valence-corrected chi connectivity index (χ2v) is 5.92. The van der Waals surface area contributed by atoms with Gasteiger partial charge >= 0.3 is 0 Å². The van der Waals surface area contributed by atoms with Crippen LogP contribution in [-0.2, 0) is 6.42 Å². The summed E-state index contributed by atoms with van der Waals surface area (Å²) in [6.45, 7) is 4.35. The van der Waals surface area contributed by atoms with Gasteiger partial charge in [-0.05, 0) is 37.2 Å². The second-order valence-electron chi connectivity index (χ2n) is 5.92. The molecule has 0 radical (unpaired) electrons. The van der Waals surface area contributed by atoms with Crippen LogP contribution in [0, 0.1) is 12.3 Å². The highest BCUT2D eigenvalue weighted by Gasteiger charge is 2.34. The molecule has 1 aromatic rings. The average Bonchev–Trinajstić information content (AvgIpc) is 2.33. The van der Waals surface area contributed by atoms with E-state index in [0.717, 1.165) is 6.42 Å². The highest BCUT2D eigenvalue weighted by molar-refractivity contribution is 5.22. The summed E-state index contributed by atoms with van der Waals surface area (Å²) in [5, 5.41) is 10.5. The average molecular weight is 232 g/mol. The molecule has 1 aromatic carbocycles. The van der Waals surface area contributed by atoms with Crippen molar-refractivity contribution in [1.29, 1.82) is 0 Å². The Kier molecular flexibility index (Phi) is 3.88. The fraction of sp³-hybridized carbons (Fsp3) is 0.625. The molecule has 1 unspecified atom stereocenters. The number of aliphatic hydroxyl groups excluding tert-OH is 1. The molecule has 0 spiro atoms. The van der Waals surface area contributed by atoms with E-state index in [1.165, 1.54) is 43.2 Å². The number of hydrogen-bond acceptors (Lipinski definition) is 1. The van der Waals surface area contributed by atoms with E-state index in [9.17, 15) is 5.11 Å². The molecule has 1 atom stereocenters. The maximum absolute atomic E-state index is 10.5. The molecule has 1 nitrogen and oxygen atoms in total. The van der Waals surface area contributed by atoms with Crippen molar-refractivity contribution >= 4 is 0 Å². The summed E-state index contributed by atoms with van der Waals surface area (Å²) in [6, 6.07) is 8.55. The molecule has 1 aliphatic carbocycles. The Balaban J connectivity index is 2.00. The van der Waals surface area contributed by atoms with Crippen molar-refractivity contribution in [2.24, 2.45) is 5.41 Å². The zero-order valence-electron chi connectivity index (χ0n) is 11.1. The monoisotopic (exact) mass is 232 g/mol. The van der Waals surface area contributed by atoms with Crippen molar-refractivity contribution in [1.82, 2.24) is 0 Å². The topological polar surface area (TPSA) is 20.2 Å². The van der Waals surface area contributed by atoms with Crippen LogP contribution in [0.3, 0.4) is 0 Å². The molecule has 1 fully saturated rings. The van der Waals surface area contributed by atoms with E-state index < -0.39 is 0 Å². The van der Waals surface area contributed by atoms with Gasteiger partial charge in [0.15, 0.2) is 0 Å². The molecule has 17 heavy (non-hydrogen) atoms. The van der Waals surface area contributed by atoms with Gasteiger partial charge in [-0.1, -0.05) is 56.0 Å². The van der Waals surface area contributed by atoms with Gasteiger partial charge in [-0.2, -0.15) is 0 Å². The van der Waals surface area contributed by atoms with Crippen LogP contribution in [0.2, 0.25) is 0 Å². The molecular formula is C16H24O. The Hall–Kier alpha value is -0.820. The first-order valence-electron chi connectivity index (χ1n) is 6.84. The minimum absolute atomic E-state index is 0.142. The summed E-state index contributed by atoms with van der Waals surface area (Å²) < 4.78 is 0. The number of rotatable bonds is 3. The second kappa shape index (κ2) is 5.22. The summed E-state index contributed by atoms with van der Waals surface area (Å²) in [5.74, 6) is 0. The summed E-state index contributed by atoms with van der Waals surface area (Å²) in [5.41, 5.74) is 2.69. The van der Waals surface area contributed by atoms with E-state index in [0.29, 0.717) is 0 Å². The molecule has 0 heterocycles. The lowest BCUT2D eigenvalue weighted by molar-refractivity contribution is 0.0104. The minimum atomic E-state index is -0.189. The predicted octanol–water partition coefficient (Wildman–Crippen LogP) is 3.87. The van der Waals surface area contributed by atoms with Crippen molar-refractivity contribution in [3.05, 3.63) is 35.4 Å². The van der Waals surface area contributed by atoms with Crippen molar-refractivity contribution < 1.29 is 5.11 Å². The highest BCUT2D eigenvalue weighted by atomic mass is 16.3. The van der Waals surface area contributed by atoms with E-state index >= 15 is 0 Å². The molecule has 1 saturated carbocycles. The fourth-order valence-electron chi connectivity index (χ4n) is 2.89. The quantitative estimate of drug-likeness (QED) is 0.838. The van der Waals surface area contributed by atoms with Gasteiger partial charge in [0.2, 0.25) is 0 Å². The van der Waals surface area contributed by atoms with E-state index in [1.807, 2.05) is 0 Å². The van der Waals surface area contributed by atoms with E-state index in [1.54, 1.807) is 0 Å². The van der Waals surface area contributed by atoms with Crippen molar-refractivity contribution in [3.8, 4) is 0 Å². The molecule has 94 valence electrons. The third-order valence-electron chi connectivity index (χ3n) is 4.35. The van der Waals surface area contributed by atoms with Crippen LogP contribution < -0.4 is 0 Å². The molecule has 1 N–H and O–H groups in total. The molecule has 0 amide bonds. The lowest BCUT2D eigenvalue weighted by atomic mass is 9.70. The van der Waals surface area contributed by atoms with Crippen LogP contribution in [0.25, 0.3) is 0 Å². The third kappa shape index (κ3) is 3.10. The summed E-state index contributed by atoms with van der Waals surface area (Å²) >= 11 is 0. The van der Waals surface area contributed by atoms with Gasteiger partial charge < -0.3 is 5.11 Å². The Morgan fingerprint density at radius 2 is 1.71 bits per heavy atom. The van der Waals surface area contributed by atoms with Gasteiger partial charge in [0.05, 0.1) is 6.10 Å². The predicted molar refractivity (Wildman–Crippen MR) is 72.1 cm³/mol. The number of aliphatic hydroxyl groups is 1. The largest absolute Gasteiger partial charge is 0.392 e. The minimum Gasteiger partial charge on any atom is -0.392 e. The van der Waals surface area contributed by atoms with Crippen LogP contribution in [0.4, 0.5) is 0 Å². The van der Waals surface area contributed by atoms with Crippen molar-refractivity contribution in [3.63, 3.8) is 0 Å². The molecule has 0 saturated heterocycles. The lowest BCUT2D eigenvalue weighted by Crippen LogP contribution is -2.35. The number of benzene rings is 1. The fourth-order valence-corrected chi connectivity index (χ4v) is 2.89. The van der Waals surface area contributed by atoms with Crippen molar-refractivity contribution in [2.75, 3.05) is 0 Å². The first kappa shape index (κ1) is 12.6. The molecule has 0 aromatic heterocycles. The van der Waals surface area contributed by atoms with E-state index in [2.05, 4.69) is 38.1 Å². The maximum Gasteiger partial charge on any atom is 0.0634 e. The molecule has 2 rings (SSSR count). The van der Waals surface area contributed by atoms with Gasteiger partial charge in [0.1, 0.15) is 0 Å². The maximum atomic E-state index is 10.5. The summed E-state index contributed by atoms with van der Waals surface area (Å²) in [6.07, 6.45) is 6.87. The van der Waals surface area contributed by atoms with Crippen LogP contribution >= 0.6 is 0 Å². The number of hydrogen-bond donors (Lipinski definition) is 1. The third-order valence-corrected chi connectivity index (χ3v) is 4.35. The lowest BCUT2D eigenvalue weighted by Gasteiger charge is -2.38. The zero-order chi connectivity index (χ0) is 12.3. The highest BCUT2D eigenvalue weighted by Crippen LogP contribution is 2.39. The van der Waals surface area contributed by atoms with Gasteiger partial charge in [0.25, 0.3) is 0 Å². The molecule has 0 bridgehead atoms. The summed E-state index contributed by atoms with van der Waals surface area (Å²) in [4.78, 5) is 0. The van der Waals surface area contributed by atoms with Gasteiger partial charge in [-0.15, -0.1) is 0 Å². The van der Waals surface area contributed by atoms with Crippen LogP contribution in [0.15, 0.2) is 24.3 Å². The standard InChI is InChI=1S/C16H24O/c1-13-6-8-14(9-7-13)12-15(17)16(2)10-4-3-5-11-16/h6-9,15,17H,3-5,10-12H2,1-2H3. The van der Waals surface area contributed by atoms with E-state index in [-0.39, 0.29) is 11.5 Å².